The molecular formula is C25H31FN4O2. The molecule has 5 atom stereocenters. The van der Waals surface area contributed by atoms with Crippen molar-refractivity contribution < 1.29 is 13.9 Å². The highest BCUT2D eigenvalue weighted by molar-refractivity contribution is 5.83. The predicted molar refractivity (Wildman–Crippen MR) is 119 cm³/mol. The van der Waals surface area contributed by atoms with Gasteiger partial charge in [0.2, 0.25) is 5.91 Å². The van der Waals surface area contributed by atoms with Crippen LogP contribution in [0.2, 0.25) is 0 Å². The first-order valence-corrected chi connectivity index (χ1v) is 11.9. The van der Waals surface area contributed by atoms with E-state index in [0.29, 0.717) is 23.6 Å². The van der Waals surface area contributed by atoms with Gasteiger partial charge in [-0.05, 0) is 60.8 Å². The molecule has 2 bridgehead atoms. The third kappa shape index (κ3) is 4.45. The number of carbonyl (C=O) groups is 1. The molecule has 32 heavy (non-hydrogen) atoms. The number of halogens is 1. The summed E-state index contributed by atoms with van der Waals surface area (Å²) < 4.78 is 20.4. The van der Waals surface area contributed by atoms with E-state index in [1.54, 1.807) is 12.1 Å². The maximum absolute atomic E-state index is 14.9. The number of benzene rings is 1. The number of piperidine rings is 1. The Hall–Kier alpha value is -2.27. The minimum absolute atomic E-state index is 0.134. The van der Waals surface area contributed by atoms with E-state index in [1.165, 1.54) is 0 Å². The second kappa shape index (κ2) is 9.30. The Morgan fingerprint density at radius 1 is 1.38 bits per heavy atom. The van der Waals surface area contributed by atoms with Crippen LogP contribution in [0.25, 0.3) is 5.57 Å². The summed E-state index contributed by atoms with van der Waals surface area (Å²) in [7, 11) is 0. The SMILES string of the molecule is N#C[C@H](Cc1ccc(C2=CCN(C3CCOC3)CC2)cc1F)NC(=O)[C@H]1N[C@@H]2CC[C@H]1C2. The maximum atomic E-state index is 14.9. The Kier molecular flexibility index (Phi) is 6.27. The van der Waals surface area contributed by atoms with E-state index < -0.39 is 6.04 Å². The largest absolute Gasteiger partial charge is 0.380 e. The molecule has 0 spiro atoms. The van der Waals surface area contributed by atoms with Crippen molar-refractivity contribution in [2.45, 2.75) is 62.7 Å². The fourth-order valence-electron chi connectivity index (χ4n) is 5.76. The lowest BCUT2D eigenvalue weighted by Crippen LogP contribution is -2.50. The van der Waals surface area contributed by atoms with Gasteiger partial charge in [-0.1, -0.05) is 18.2 Å². The van der Waals surface area contributed by atoms with Crippen LogP contribution in [0, 0.1) is 23.1 Å². The van der Waals surface area contributed by atoms with Gasteiger partial charge in [0, 0.05) is 38.2 Å². The molecule has 7 heteroatoms. The van der Waals surface area contributed by atoms with Gasteiger partial charge in [0.25, 0.3) is 0 Å². The molecule has 1 aromatic carbocycles. The molecule has 3 heterocycles. The van der Waals surface area contributed by atoms with Gasteiger partial charge in [0.15, 0.2) is 0 Å². The first-order valence-electron chi connectivity index (χ1n) is 11.9. The van der Waals surface area contributed by atoms with E-state index in [4.69, 9.17) is 4.74 Å². The number of nitrogens with one attached hydrogen (secondary N) is 2. The van der Waals surface area contributed by atoms with Gasteiger partial charge in [0.1, 0.15) is 11.9 Å². The lowest BCUT2D eigenvalue weighted by atomic mass is 9.95. The van der Waals surface area contributed by atoms with E-state index in [2.05, 4.69) is 27.7 Å². The van der Waals surface area contributed by atoms with Crippen LogP contribution < -0.4 is 10.6 Å². The molecule has 1 aliphatic carbocycles. The first-order chi connectivity index (χ1) is 15.6. The van der Waals surface area contributed by atoms with Crippen LogP contribution in [-0.2, 0) is 16.0 Å². The highest BCUT2D eigenvalue weighted by Crippen LogP contribution is 2.35. The average molecular weight is 439 g/mol. The van der Waals surface area contributed by atoms with Crippen molar-refractivity contribution in [2.24, 2.45) is 5.92 Å². The summed E-state index contributed by atoms with van der Waals surface area (Å²) >= 11 is 0. The van der Waals surface area contributed by atoms with Crippen molar-refractivity contribution in [1.29, 1.82) is 5.26 Å². The van der Waals surface area contributed by atoms with Crippen molar-refractivity contribution in [3.8, 4) is 6.07 Å². The molecule has 1 unspecified atom stereocenters. The Labute approximate surface area is 188 Å². The summed E-state index contributed by atoms with van der Waals surface area (Å²) in [5.74, 6) is -0.0934. The summed E-state index contributed by atoms with van der Waals surface area (Å²) in [6.07, 6.45) is 7.56. The number of carbonyl (C=O) groups excluding carboxylic acids is 1. The Bertz CT molecular complexity index is 936. The predicted octanol–water partition coefficient (Wildman–Crippen LogP) is 2.40. The minimum atomic E-state index is -0.736. The lowest BCUT2D eigenvalue weighted by Gasteiger charge is -2.31. The Morgan fingerprint density at radius 2 is 2.28 bits per heavy atom. The van der Waals surface area contributed by atoms with E-state index in [-0.39, 0.29) is 24.2 Å². The molecule has 3 aliphatic heterocycles. The Morgan fingerprint density at radius 3 is 2.91 bits per heavy atom. The number of hydrogen-bond donors (Lipinski definition) is 2. The molecule has 4 aliphatic rings. The number of rotatable bonds is 6. The highest BCUT2D eigenvalue weighted by atomic mass is 19.1. The fraction of sp³-hybridized carbons (Fsp3) is 0.600. The van der Waals surface area contributed by atoms with Crippen molar-refractivity contribution in [2.75, 3.05) is 26.3 Å². The van der Waals surface area contributed by atoms with Crippen LogP contribution in [0.1, 0.15) is 43.2 Å². The standard InChI is InChI=1S/C25H31FN4O2/c26-23-13-17(16-5-8-30(9-6-16)22-7-10-32-15-22)1-2-18(23)11-21(14-27)29-25(31)24-19-3-4-20(12-19)28-24/h1-2,5,13,19-22,24,28H,3-4,6-12,15H2,(H,29,31)/t19-,20+,21-,22?,24-/m0/s1. The molecule has 1 aromatic rings. The number of amides is 1. The van der Waals surface area contributed by atoms with E-state index >= 15 is 0 Å². The normalized spacial score (nSPS) is 30.7. The van der Waals surface area contributed by atoms with Crippen molar-refractivity contribution in [3.05, 3.63) is 41.2 Å². The maximum Gasteiger partial charge on any atom is 0.238 e. The smallest absolute Gasteiger partial charge is 0.238 e. The molecule has 0 aromatic heterocycles. The van der Waals surface area contributed by atoms with Crippen molar-refractivity contribution in [1.82, 2.24) is 15.5 Å². The van der Waals surface area contributed by atoms with Crippen LogP contribution >= 0.6 is 0 Å². The van der Waals surface area contributed by atoms with E-state index in [1.807, 2.05) is 6.07 Å². The molecule has 6 nitrogen and oxygen atoms in total. The topological polar surface area (TPSA) is 77.4 Å². The van der Waals surface area contributed by atoms with Crippen LogP contribution in [0.5, 0.6) is 0 Å². The molecule has 2 saturated heterocycles. The second-order valence-corrected chi connectivity index (χ2v) is 9.61. The van der Waals surface area contributed by atoms with Crippen LogP contribution in [0.4, 0.5) is 4.39 Å². The van der Waals surface area contributed by atoms with Gasteiger partial charge in [-0.2, -0.15) is 5.26 Å². The van der Waals surface area contributed by atoms with E-state index in [9.17, 15) is 14.4 Å². The monoisotopic (exact) mass is 438 g/mol. The number of fused-ring (bicyclic) bond motifs is 2. The molecule has 3 fully saturated rings. The first kappa shape index (κ1) is 21.6. The zero-order valence-electron chi connectivity index (χ0n) is 18.4. The van der Waals surface area contributed by atoms with Crippen LogP contribution in [0.3, 0.4) is 0 Å². The third-order valence-corrected chi connectivity index (χ3v) is 7.63. The van der Waals surface area contributed by atoms with Gasteiger partial charge in [-0.3, -0.25) is 9.69 Å². The Balaban J connectivity index is 1.19. The zero-order chi connectivity index (χ0) is 22.1. The zero-order valence-corrected chi connectivity index (χ0v) is 18.4. The van der Waals surface area contributed by atoms with Gasteiger partial charge in [0.05, 0.1) is 18.7 Å². The lowest BCUT2D eigenvalue weighted by molar-refractivity contribution is -0.124. The summed E-state index contributed by atoms with van der Waals surface area (Å²) in [6, 6.07) is 7.37. The molecule has 1 saturated carbocycles. The minimum Gasteiger partial charge on any atom is -0.380 e. The molecule has 170 valence electrons. The quantitative estimate of drug-likeness (QED) is 0.713. The van der Waals surface area contributed by atoms with Crippen LogP contribution in [-0.4, -0.2) is 61.3 Å². The van der Waals surface area contributed by atoms with Crippen molar-refractivity contribution >= 4 is 11.5 Å². The molecule has 2 N–H and O–H groups in total. The van der Waals surface area contributed by atoms with Crippen LogP contribution in [0.15, 0.2) is 24.3 Å². The molecular weight excluding hydrogens is 407 g/mol. The van der Waals surface area contributed by atoms with E-state index in [0.717, 1.165) is 69.5 Å². The average Bonchev–Trinajstić information content (AvgIpc) is 3.58. The van der Waals surface area contributed by atoms with Crippen molar-refractivity contribution in [3.63, 3.8) is 0 Å². The fourth-order valence-corrected chi connectivity index (χ4v) is 5.76. The molecule has 0 radical (unpaired) electrons. The molecule has 1 amide bonds. The summed E-state index contributed by atoms with van der Waals surface area (Å²) in [4.78, 5) is 15.1. The van der Waals surface area contributed by atoms with Gasteiger partial charge in [-0.25, -0.2) is 4.39 Å². The summed E-state index contributed by atoms with van der Waals surface area (Å²) in [5.41, 5.74) is 2.53. The number of nitriles is 1. The number of ether oxygens (including phenoxy) is 1. The third-order valence-electron chi connectivity index (χ3n) is 7.63. The van der Waals surface area contributed by atoms with Gasteiger partial charge < -0.3 is 15.4 Å². The van der Waals surface area contributed by atoms with Gasteiger partial charge >= 0.3 is 0 Å². The summed E-state index contributed by atoms with van der Waals surface area (Å²) in [5, 5.41) is 15.7. The highest BCUT2D eigenvalue weighted by Gasteiger charge is 2.43. The number of hydrogen-bond acceptors (Lipinski definition) is 5. The van der Waals surface area contributed by atoms with Gasteiger partial charge in [-0.15, -0.1) is 0 Å². The summed E-state index contributed by atoms with van der Waals surface area (Å²) in [6.45, 7) is 3.48. The second-order valence-electron chi connectivity index (χ2n) is 9.61. The number of nitrogens with zero attached hydrogens (tertiary/aromatic N) is 2. The molecule has 5 rings (SSSR count).